The lowest BCUT2D eigenvalue weighted by atomic mass is 9.73. The number of carbonyl (C=O) groups excluding carboxylic acids is 1. The van der Waals surface area contributed by atoms with Crippen LogP contribution in [0.15, 0.2) is 30.3 Å². The van der Waals surface area contributed by atoms with Gasteiger partial charge in [-0.3, -0.25) is 4.79 Å². The van der Waals surface area contributed by atoms with Gasteiger partial charge in [0.15, 0.2) is 0 Å². The number of amides is 1. The van der Waals surface area contributed by atoms with Crippen LogP contribution >= 0.6 is 11.8 Å². The van der Waals surface area contributed by atoms with Crippen LogP contribution in [0.5, 0.6) is 0 Å². The number of ether oxygens (including phenoxy) is 1. The van der Waals surface area contributed by atoms with E-state index in [1.807, 2.05) is 30.0 Å². The van der Waals surface area contributed by atoms with Crippen molar-refractivity contribution < 1.29 is 9.53 Å². The molecule has 0 unspecified atom stereocenters. The highest BCUT2D eigenvalue weighted by atomic mass is 32.2. The third-order valence-corrected chi connectivity index (χ3v) is 5.32. The van der Waals surface area contributed by atoms with E-state index in [2.05, 4.69) is 31.3 Å². The summed E-state index contributed by atoms with van der Waals surface area (Å²) in [6, 6.07) is 10.4. The smallest absolute Gasteiger partial charge is 0.231 e. The van der Waals surface area contributed by atoms with E-state index in [4.69, 9.17) is 4.74 Å². The number of benzene rings is 1. The Labute approximate surface area is 138 Å². The van der Waals surface area contributed by atoms with Gasteiger partial charge in [-0.15, -0.1) is 0 Å². The number of nitrogens with one attached hydrogen (secondary N) is 1. The number of hydrogen-bond donors (Lipinski definition) is 1. The summed E-state index contributed by atoms with van der Waals surface area (Å²) in [5, 5.41) is 3.24. The third-order valence-electron chi connectivity index (χ3n) is 4.38. The van der Waals surface area contributed by atoms with E-state index in [0.717, 1.165) is 36.3 Å². The second-order valence-electron chi connectivity index (χ2n) is 5.92. The predicted octanol–water partition coefficient (Wildman–Crippen LogP) is 3.38. The van der Waals surface area contributed by atoms with E-state index in [9.17, 15) is 4.79 Å². The standard InChI is InChI=1S/C18H27NO2S/c1-3-22-14-9-15(2)19-17(20)18(10-12-21-13-11-18)16-7-5-4-6-8-16/h4-8,15H,3,9-14H2,1-2H3,(H,19,20)/t15-/m1/s1. The Morgan fingerprint density at radius 3 is 2.64 bits per heavy atom. The van der Waals surface area contributed by atoms with E-state index >= 15 is 0 Å². The Bertz CT molecular complexity index is 457. The zero-order valence-corrected chi connectivity index (χ0v) is 14.5. The number of rotatable bonds is 7. The molecule has 1 saturated heterocycles. The molecule has 1 fully saturated rings. The molecule has 0 aliphatic carbocycles. The SMILES string of the molecule is CCSCC[C@@H](C)NC(=O)C1(c2ccccc2)CCOCC1. The summed E-state index contributed by atoms with van der Waals surface area (Å²) in [5.74, 6) is 2.39. The first kappa shape index (κ1) is 17.4. The molecule has 1 aromatic rings. The highest BCUT2D eigenvalue weighted by Gasteiger charge is 2.41. The summed E-state index contributed by atoms with van der Waals surface area (Å²) in [5.41, 5.74) is 0.692. The topological polar surface area (TPSA) is 38.3 Å². The third kappa shape index (κ3) is 4.26. The normalized spacial score (nSPS) is 18.6. The molecule has 3 nitrogen and oxygen atoms in total. The molecular weight excluding hydrogens is 294 g/mol. The summed E-state index contributed by atoms with van der Waals surface area (Å²) in [4.78, 5) is 13.0. The summed E-state index contributed by atoms with van der Waals surface area (Å²) in [6.45, 7) is 5.58. The van der Waals surface area contributed by atoms with E-state index < -0.39 is 5.41 Å². The minimum absolute atomic E-state index is 0.163. The van der Waals surface area contributed by atoms with E-state index in [1.54, 1.807) is 0 Å². The van der Waals surface area contributed by atoms with E-state index in [0.29, 0.717) is 13.2 Å². The summed E-state index contributed by atoms with van der Waals surface area (Å²) < 4.78 is 5.50. The molecule has 122 valence electrons. The van der Waals surface area contributed by atoms with Crippen molar-refractivity contribution in [3.05, 3.63) is 35.9 Å². The van der Waals surface area contributed by atoms with Crippen molar-refractivity contribution in [2.45, 2.75) is 44.6 Å². The zero-order valence-electron chi connectivity index (χ0n) is 13.6. The molecule has 1 N–H and O–H groups in total. The van der Waals surface area contributed by atoms with Gasteiger partial charge in [0.2, 0.25) is 5.91 Å². The van der Waals surface area contributed by atoms with Crippen LogP contribution in [0, 0.1) is 0 Å². The van der Waals surface area contributed by atoms with Gasteiger partial charge in [-0.2, -0.15) is 11.8 Å². The Morgan fingerprint density at radius 2 is 2.00 bits per heavy atom. The lowest BCUT2D eigenvalue weighted by Gasteiger charge is -2.37. The fourth-order valence-corrected chi connectivity index (χ4v) is 3.77. The predicted molar refractivity (Wildman–Crippen MR) is 93.4 cm³/mol. The summed E-state index contributed by atoms with van der Waals surface area (Å²) in [6.07, 6.45) is 2.55. The molecule has 0 spiro atoms. The molecular formula is C18H27NO2S. The van der Waals surface area contributed by atoms with Crippen molar-refractivity contribution in [2.24, 2.45) is 0 Å². The molecule has 0 aromatic heterocycles. The minimum Gasteiger partial charge on any atom is -0.381 e. The Kier molecular flexibility index (Phi) is 6.77. The maximum absolute atomic E-state index is 13.0. The summed E-state index contributed by atoms with van der Waals surface area (Å²) >= 11 is 1.92. The molecule has 2 rings (SSSR count). The first-order valence-electron chi connectivity index (χ1n) is 8.21. The van der Waals surface area contributed by atoms with Crippen LogP contribution in [-0.2, 0) is 14.9 Å². The van der Waals surface area contributed by atoms with Crippen molar-refractivity contribution in [1.82, 2.24) is 5.32 Å². The lowest BCUT2D eigenvalue weighted by Crippen LogP contribution is -2.50. The fraction of sp³-hybridized carbons (Fsp3) is 0.611. The maximum atomic E-state index is 13.0. The Hall–Kier alpha value is -1.00. The second-order valence-corrected chi connectivity index (χ2v) is 7.31. The van der Waals surface area contributed by atoms with Gasteiger partial charge in [0.25, 0.3) is 0 Å². The molecule has 0 radical (unpaired) electrons. The van der Waals surface area contributed by atoms with Crippen LogP contribution in [0.1, 0.15) is 38.7 Å². The Balaban J connectivity index is 2.07. The average Bonchev–Trinajstić information content (AvgIpc) is 2.56. The van der Waals surface area contributed by atoms with Gasteiger partial charge in [0.1, 0.15) is 0 Å². The molecule has 1 amide bonds. The van der Waals surface area contributed by atoms with Gasteiger partial charge in [0.05, 0.1) is 5.41 Å². The van der Waals surface area contributed by atoms with Crippen LogP contribution in [0.4, 0.5) is 0 Å². The molecule has 0 saturated carbocycles. The summed E-state index contributed by atoms with van der Waals surface area (Å²) in [7, 11) is 0. The highest BCUT2D eigenvalue weighted by Crippen LogP contribution is 2.35. The number of thioether (sulfide) groups is 1. The number of hydrogen-bond acceptors (Lipinski definition) is 3. The van der Waals surface area contributed by atoms with Crippen LogP contribution in [0.2, 0.25) is 0 Å². The van der Waals surface area contributed by atoms with Gasteiger partial charge in [-0.1, -0.05) is 37.3 Å². The van der Waals surface area contributed by atoms with Crippen LogP contribution in [0.25, 0.3) is 0 Å². The second kappa shape index (κ2) is 8.59. The zero-order chi connectivity index (χ0) is 15.8. The molecule has 1 aliphatic heterocycles. The molecule has 1 aromatic carbocycles. The average molecular weight is 321 g/mol. The van der Waals surface area contributed by atoms with Crippen molar-refractivity contribution >= 4 is 17.7 Å². The molecule has 1 atom stereocenters. The van der Waals surface area contributed by atoms with Crippen molar-refractivity contribution in [2.75, 3.05) is 24.7 Å². The Morgan fingerprint density at radius 1 is 1.32 bits per heavy atom. The molecule has 0 bridgehead atoms. The quantitative estimate of drug-likeness (QED) is 0.782. The highest BCUT2D eigenvalue weighted by molar-refractivity contribution is 7.99. The van der Waals surface area contributed by atoms with Gasteiger partial charge in [0, 0.05) is 19.3 Å². The van der Waals surface area contributed by atoms with Crippen molar-refractivity contribution in [3.63, 3.8) is 0 Å². The van der Waals surface area contributed by atoms with Gasteiger partial charge in [-0.05, 0) is 43.3 Å². The van der Waals surface area contributed by atoms with E-state index in [1.165, 1.54) is 0 Å². The minimum atomic E-state index is -0.425. The van der Waals surface area contributed by atoms with Gasteiger partial charge in [-0.25, -0.2) is 0 Å². The first-order valence-corrected chi connectivity index (χ1v) is 9.36. The van der Waals surface area contributed by atoms with E-state index in [-0.39, 0.29) is 11.9 Å². The van der Waals surface area contributed by atoms with Crippen LogP contribution < -0.4 is 5.32 Å². The molecule has 4 heteroatoms. The molecule has 1 aliphatic rings. The van der Waals surface area contributed by atoms with Crippen LogP contribution in [-0.4, -0.2) is 36.7 Å². The fourth-order valence-electron chi connectivity index (χ4n) is 2.96. The lowest BCUT2D eigenvalue weighted by molar-refractivity contribution is -0.131. The maximum Gasteiger partial charge on any atom is 0.231 e. The largest absolute Gasteiger partial charge is 0.381 e. The van der Waals surface area contributed by atoms with Crippen LogP contribution in [0.3, 0.4) is 0 Å². The number of carbonyl (C=O) groups is 1. The van der Waals surface area contributed by atoms with Gasteiger partial charge < -0.3 is 10.1 Å². The molecule has 1 heterocycles. The van der Waals surface area contributed by atoms with Crippen molar-refractivity contribution in [1.29, 1.82) is 0 Å². The van der Waals surface area contributed by atoms with Gasteiger partial charge >= 0.3 is 0 Å². The first-order chi connectivity index (χ1) is 10.7. The van der Waals surface area contributed by atoms with Crippen molar-refractivity contribution in [3.8, 4) is 0 Å². The monoisotopic (exact) mass is 321 g/mol. The molecule has 22 heavy (non-hydrogen) atoms.